The molecule has 0 atom stereocenters. The number of rotatable bonds is 6. The lowest BCUT2D eigenvalue weighted by Crippen LogP contribution is -2.37. The zero-order chi connectivity index (χ0) is 15.5. The van der Waals surface area contributed by atoms with Crippen molar-refractivity contribution in [2.75, 3.05) is 6.54 Å². The second kappa shape index (κ2) is 6.52. The summed E-state index contributed by atoms with van der Waals surface area (Å²) in [6.07, 6.45) is 1.60. The van der Waals surface area contributed by atoms with Crippen molar-refractivity contribution in [3.63, 3.8) is 0 Å². The molecule has 112 valence electrons. The molecular weight excluding hydrogens is 272 g/mol. The van der Waals surface area contributed by atoms with Gasteiger partial charge in [0.25, 0.3) is 0 Å². The molecule has 1 aromatic rings. The molecule has 5 heteroatoms. The topological polar surface area (TPSA) is 63.4 Å². The molecule has 0 radical (unpaired) electrons. The van der Waals surface area contributed by atoms with E-state index in [0.717, 1.165) is 16.7 Å². The van der Waals surface area contributed by atoms with Gasteiger partial charge in [0.2, 0.25) is 10.0 Å². The third-order valence-electron chi connectivity index (χ3n) is 3.33. The van der Waals surface area contributed by atoms with E-state index in [9.17, 15) is 8.42 Å². The van der Waals surface area contributed by atoms with E-state index in [2.05, 4.69) is 6.58 Å². The van der Waals surface area contributed by atoms with Gasteiger partial charge in [-0.2, -0.15) is 4.31 Å². The maximum atomic E-state index is 12.8. The van der Waals surface area contributed by atoms with Crippen LogP contribution in [0.1, 0.15) is 30.5 Å². The monoisotopic (exact) mass is 296 g/mol. The smallest absolute Gasteiger partial charge is 0.243 e. The van der Waals surface area contributed by atoms with Crippen LogP contribution in [-0.2, 0) is 16.6 Å². The molecule has 0 aromatic heterocycles. The van der Waals surface area contributed by atoms with Crippen LogP contribution >= 0.6 is 0 Å². The van der Waals surface area contributed by atoms with E-state index in [1.165, 1.54) is 4.31 Å². The number of benzene rings is 1. The molecule has 0 spiro atoms. The van der Waals surface area contributed by atoms with Crippen molar-refractivity contribution in [3.8, 4) is 0 Å². The molecule has 0 amide bonds. The van der Waals surface area contributed by atoms with Crippen molar-refractivity contribution in [2.24, 2.45) is 5.73 Å². The highest BCUT2D eigenvalue weighted by molar-refractivity contribution is 7.89. The molecule has 2 N–H and O–H groups in total. The highest BCUT2D eigenvalue weighted by Crippen LogP contribution is 2.25. The van der Waals surface area contributed by atoms with E-state index < -0.39 is 10.0 Å². The molecule has 4 nitrogen and oxygen atoms in total. The highest BCUT2D eigenvalue weighted by atomic mass is 32.2. The summed E-state index contributed by atoms with van der Waals surface area (Å²) in [4.78, 5) is 0.333. The summed E-state index contributed by atoms with van der Waals surface area (Å²) >= 11 is 0. The summed E-state index contributed by atoms with van der Waals surface area (Å²) in [5.74, 6) is 0. The van der Waals surface area contributed by atoms with E-state index in [1.807, 2.05) is 33.8 Å². The van der Waals surface area contributed by atoms with Crippen LogP contribution in [0.4, 0.5) is 0 Å². The first-order valence-electron chi connectivity index (χ1n) is 6.68. The maximum Gasteiger partial charge on any atom is 0.243 e. The summed E-state index contributed by atoms with van der Waals surface area (Å²) in [7, 11) is -3.54. The van der Waals surface area contributed by atoms with Crippen molar-refractivity contribution in [3.05, 3.63) is 41.5 Å². The number of hydrogen-bond donors (Lipinski definition) is 1. The Hall–Kier alpha value is -1.17. The largest absolute Gasteiger partial charge is 0.326 e. The molecular formula is C15H24N2O2S. The highest BCUT2D eigenvalue weighted by Gasteiger charge is 2.27. The van der Waals surface area contributed by atoms with E-state index in [-0.39, 0.29) is 6.04 Å². The Morgan fingerprint density at radius 2 is 1.90 bits per heavy atom. The summed E-state index contributed by atoms with van der Waals surface area (Å²) in [5, 5.41) is 0. The van der Waals surface area contributed by atoms with E-state index in [1.54, 1.807) is 12.1 Å². The minimum absolute atomic E-state index is 0.125. The number of hydrogen-bond acceptors (Lipinski definition) is 3. The molecule has 0 unspecified atom stereocenters. The molecule has 0 saturated carbocycles. The molecule has 0 fully saturated rings. The molecule has 1 rings (SSSR count). The number of nitrogens with two attached hydrogens (primary N) is 1. The SMILES string of the molecule is C=CCN(C(C)C)S(=O)(=O)c1cc(CN)c(C)cc1C. The Morgan fingerprint density at radius 3 is 2.35 bits per heavy atom. The van der Waals surface area contributed by atoms with Crippen molar-refractivity contribution in [2.45, 2.75) is 45.2 Å². The lowest BCUT2D eigenvalue weighted by atomic mass is 10.1. The third kappa shape index (κ3) is 3.29. The summed E-state index contributed by atoms with van der Waals surface area (Å²) in [6, 6.07) is 3.44. The van der Waals surface area contributed by atoms with Crippen LogP contribution in [0, 0.1) is 13.8 Å². The molecule has 0 aliphatic heterocycles. The summed E-state index contributed by atoms with van der Waals surface area (Å²) in [6.45, 7) is 11.7. The van der Waals surface area contributed by atoms with Crippen LogP contribution in [0.2, 0.25) is 0 Å². The average molecular weight is 296 g/mol. The van der Waals surface area contributed by atoms with Crippen LogP contribution in [0.25, 0.3) is 0 Å². The van der Waals surface area contributed by atoms with Gasteiger partial charge >= 0.3 is 0 Å². The van der Waals surface area contributed by atoms with Crippen LogP contribution in [0.5, 0.6) is 0 Å². The van der Waals surface area contributed by atoms with Gasteiger partial charge in [0.1, 0.15) is 0 Å². The van der Waals surface area contributed by atoms with Gasteiger partial charge in [-0.25, -0.2) is 8.42 Å². The molecule has 0 saturated heterocycles. The Bertz CT molecular complexity index is 592. The van der Waals surface area contributed by atoms with Crippen LogP contribution in [-0.4, -0.2) is 25.3 Å². The maximum absolute atomic E-state index is 12.8. The first-order chi connectivity index (χ1) is 9.25. The Balaban J connectivity index is 3.44. The standard InChI is InChI=1S/C15H24N2O2S/c1-6-7-17(11(2)3)20(18,19)15-9-14(10-16)12(4)8-13(15)5/h6,8-9,11H,1,7,10,16H2,2-5H3. The Kier molecular flexibility index (Phi) is 5.50. The predicted octanol–water partition coefficient (Wildman–Crippen LogP) is 2.35. The Morgan fingerprint density at radius 1 is 1.30 bits per heavy atom. The van der Waals surface area contributed by atoms with Crippen LogP contribution < -0.4 is 5.73 Å². The lowest BCUT2D eigenvalue weighted by Gasteiger charge is -2.26. The zero-order valence-corrected chi connectivity index (χ0v) is 13.5. The summed E-state index contributed by atoms with van der Waals surface area (Å²) < 4.78 is 27.0. The van der Waals surface area contributed by atoms with Gasteiger partial charge in [0, 0.05) is 19.1 Å². The molecule has 0 heterocycles. The van der Waals surface area contributed by atoms with Crippen LogP contribution in [0.3, 0.4) is 0 Å². The summed E-state index contributed by atoms with van der Waals surface area (Å²) in [5.41, 5.74) is 8.30. The second-order valence-electron chi connectivity index (χ2n) is 5.21. The van der Waals surface area contributed by atoms with Crippen molar-refractivity contribution in [1.29, 1.82) is 0 Å². The Labute approximate surface area is 122 Å². The lowest BCUT2D eigenvalue weighted by molar-refractivity contribution is 0.382. The van der Waals surface area contributed by atoms with Gasteiger partial charge in [-0.1, -0.05) is 12.1 Å². The van der Waals surface area contributed by atoms with Gasteiger partial charge in [-0.05, 0) is 50.5 Å². The molecule has 0 aliphatic rings. The number of aryl methyl sites for hydroxylation is 2. The molecule has 1 aromatic carbocycles. The van der Waals surface area contributed by atoms with E-state index >= 15 is 0 Å². The zero-order valence-electron chi connectivity index (χ0n) is 12.7. The van der Waals surface area contributed by atoms with Crippen molar-refractivity contribution in [1.82, 2.24) is 4.31 Å². The van der Waals surface area contributed by atoms with Crippen molar-refractivity contribution >= 4 is 10.0 Å². The fraction of sp³-hybridized carbons (Fsp3) is 0.467. The predicted molar refractivity (Wildman–Crippen MR) is 83.0 cm³/mol. The average Bonchev–Trinajstić information content (AvgIpc) is 2.35. The fourth-order valence-corrected chi connectivity index (χ4v) is 4.08. The normalized spacial score (nSPS) is 12.2. The van der Waals surface area contributed by atoms with Gasteiger partial charge in [0.15, 0.2) is 0 Å². The van der Waals surface area contributed by atoms with Gasteiger partial charge < -0.3 is 5.73 Å². The van der Waals surface area contributed by atoms with Crippen LogP contribution in [0.15, 0.2) is 29.7 Å². The molecule has 20 heavy (non-hydrogen) atoms. The number of nitrogens with zero attached hydrogens (tertiary/aromatic N) is 1. The first-order valence-corrected chi connectivity index (χ1v) is 8.12. The van der Waals surface area contributed by atoms with Crippen molar-refractivity contribution < 1.29 is 8.42 Å². The minimum atomic E-state index is -3.54. The molecule has 0 aliphatic carbocycles. The van der Waals surface area contributed by atoms with Gasteiger partial charge in [0.05, 0.1) is 4.90 Å². The first kappa shape index (κ1) is 16.9. The minimum Gasteiger partial charge on any atom is -0.326 e. The second-order valence-corrected chi connectivity index (χ2v) is 7.06. The van der Waals surface area contributed by atoms with Gasteiger partial charge in [-0.3, -0.25) is 0 Å². The van der Waals surface area contributed by atoms with E-state index in [0.29, 0.717) is 18.0 Å². The quantitative estimate of drug-likeness (QED) is 0.820. The van der Waals surface area contributed by atoms with E-state index in [4.69, 9.17) is 5.73 Å². The fourth-order valence-electron chi connectivity index (χ4n) is 2.21. The third-order valence-corrected chi connectivity index (χ3v) is 5.51. The molecule has 0 bridgehead atoms. The number of sulfonamides is 1. The van der Waals surface area contributed by atoms with Gasteiger partial charge in [-0.15, -0.1) is 6.58 Å².